The van der Waals surface area contributed by atoms with Gasteiger partial charge in [0.2, 0.25) is 0 Å². The van der Waals surface area contributed by atoms with E-state index < -0.39 is 4.92 Å². The first-order valence-electron chi connectivity index (χ1n) is 4.45. The SMILES string of the molecule is Nc1cc([N+](=O)[O-])ccc1OCC1CO1. The van der Waals surface area contributed by atoms with E-state index in [1.54, 1.807) is 0 Å². The van der Waals surface area contributed by atoms with Crippen molar-refractivity contribution in [2.45, 2.75) is 6.10 Å². The van der Waals surface area contributed by atoms with E-state index in [9.17, 15) is 10.1 Å². The Kier molecular flexibility index (Phi) is 2.42. The number of hydrogen-bond donors (Lipinski definition) is 1. The first kappa shape index (κ1) is 9.72. The summed E-state index contributed by atoms with van der Waals surface area (Å²) < 4.78 is 10.3. The first-order valence-corrected chi connectivity index (χ1v) is 4.45. The second-order valence-electron chi connectivity index (χ2n) is 3.25. The number of anilines is 1. The van der Waals surface area contributed by atoms with Crippen LogP contribution in [0.4, 0.5) is 11.4 Å². The molecule has 1 heterocycles. The molecule has 1 fully saturated rings. The average Bonchev–Trinajstić information content (AvgIpc) is 2.99. The number of rotatable bonds is 4. The molecule has 15 heavy (non-hydrogen) atoms. The quantitative estimate of drug-likeness (QED) is 0.346. The molecule has 1 aromatic carbocycles. The molecule has 0 aromatic heterocycles. The predicted molar refractivity (Wildman–Crippen MR) is 52.7 cm³/mol. The zero-order valence-electron chi connectivity index (χ0n) is 7.88. The maximum absolute atomic E-state index is 10.4. The summed E-state index contributed by atoms with van der Waals surface area (Å²) in [6.45, 7) is 1.13. The van der Waals surface area contributed by atoms with Gasteiger partial charge in [0.05, 0.1) is 17.2 Å². The number of hydrogen-bond acceptors (Lipinski definition) is 5. The Hall–Kier alpha value is -1.82. The Bertz CT molecular complexity index is 390. The Morgan fingerprint density at radius 1 is 1.67 bits per heavy atom. The molecule has 2 N–H and O–H groups in total. The highest BCUT2D eigenvalue weighted by atomic mass is 16.6. The van der Waals surface area contributed by atoms with Gasteiger partial charge in [-0.2, -0.15) is 0 Å². The molecule has 0 saturated carbocycles. The van der Waals surface area contributed by atoms with Crippen LogP contribution in [0.5, 0.6) is 5.75 Å². The number of nitrogens with two attached hydrogens (primary N) is 1. The van der Waals surface area contributed by atoms with Gasteiger partial charge in [-0.25, -0.2) is 0 Å². The summed E-state index contributed by atoms with van der Waals surface area (Å²) in [6.07, 6.45) is 0.139. The lowest BCUT2D eigenvalue weighted by atomic mass is 10.2. The van der Waals surface area contributed by atoms with Gasteiger partial charge in [-0.1, -0.05) is 0 Å². The van der Waals surface area contributed by atoms with Crippen LogP contribution in [-0.4, -0.2) is 24.2 Å². The predicted octanol–water partition coefficient (Wildman–Crippen LogP) is 0.955. The molecule has 1 aliphatic rings. The van der Waals surface area contributed by atoms with E-state index in [4.69, 9.17) is 15.2 Å². The Morgan fingerprint density at radius 3 is 2.93 bits per heavy atom. The smallest absolute Gasteiger partial charge is 0.271 e. The minimum Gasteiger partial charge on any atom is -0.489 e. The molecular formula is C9H10N2O4. The van der Waals surface area contributed by atoms with Crippen molar-refractivity contribution < 1.29 is 14.4 Å². The van der Waals surface area contributed by atoms with Crippen molar-refractivity contribution in [1.82, 2.24) is 0 Å². The van der Waals surface area contributed by atoms with Gasteiger partial charge in [-0.05, 0) is 6.07 Å². The van der Waals surface area contributed by atoms with Crippen LogP contribution in [0.2, 0.25) is 0 Å². The Morgan fingerprint density at radius 2 is 2.40 bits per heavy atom. The van der Waals surface area contributed by atoms with Crippen molar-refractivity contribution in [1.29, 1.82) is 0 Å². The normalized spacial score (nSPS) is 18.5. The molecular weight excluding hydrogens is 200 g/mol. The van der Waals surface area contributed by atoms with E-state index in [0.717, 1.165) is 0 Å². The van der Waals surface area contributed by atoms with Gasteiger partial charge < -0.3 is 15.2 Å². The summed E-state index contributed by atoms with van der Waals surface area (Å²) in [5.41, 5.74) is 5.82. The van der Waals surface area contributed by atoms with E-state index in [-0.39, 0.29) is 17.5 Å². The molecule has 1 aliphatic heterocycles. The van der Waals surface area contributed by atoms with E-state index in [2.05, 4.69) is 0 Å². The van der Waals surface area contributed by atoms with Gasteiger partial charge in [-0.15, -0.1) is 0 Å². The van der Waals surface area contributed by atoms with Gasteiger partial charge in [0.15, 0.2) is 0 Å². The number of nitrogen functional groups attached to an aromatic ring is 1. The molecule has 0 bridgehead atoms. The zero-order chi connectivity index (χ0) is 10.8. The minimum absolute atomic E-state index is 0.0393. The molecule has 1 saturated heterocycles. The number of non-ortho nitro benzene ring substituents is 1. The van der Waals surface area contributed by atoms with Crippen molar-refractivity contribution in [3.63, 3.8) is 0 Å². The van der Waals surface area contributed by atoms with Crippen LogP contribution < -0.4 is 10.5 Å². The van der Waals surface area contributed by atoms with Crippen LogP contribution in [0.15, 0.2) is 18.2 Å². The van der Waals surface area contributed by atoms with Crippen molar-refractivity contribution in [2.75, 3.05) is 18.9 Å². The molecule has 6 nitrogen and oxygen atoms in total. The lowest BCUT2D eigenvalue weighted by Gasteiger charge is -2.06. The molecule has 2 rings (SSSR count). The molecule has 6 heteroatoms. The fourth-order valence-corrected chi connectivity index (χ4v) is 1.13. The molecule has 0 aliphatic carbocycles. The number of epoxide rings is 1. The maximum atomic E-state index is 10.4. The highest BCUT2D eigenvalue weighted by Crippen LogP contribution is 2.27. The van der Waals surface area contributed by atoms with Crippen LogP contribution in [0.3, 0.4) is 0 Å². The Labute approximate surface area is 85.7 Å². The third-order valence-corrected chi connectivity index (χ3v) is 2.03. The summed E-state index contributed by atoms with van der Waals surface area (Å²) in [5, 5.41) is 10.4. The topological polar surface area (TPSA) is 90.9 Å². The highest BCUT2D eigenvalue weighted by molar-refractivity contribution is 5.58. The van der Waals surface area contributed by atoms with Gasteiger partial charge in [0.1, 0.15) is 18.5 Å². The molecule has 1 aromatic rings. The van der Waals surface area contributed by atoms with Gasteiger partial charge in [0.25, 0.3) is 5.69 Å². The third-order valence-electron chi connectivity index (χ3n) is 2.03. The van der Waals surface area contributed by atoms with Crippen LogP contribution in [-0.2, 0) is 4.74 Å². The fourth-order valence-electron chi connectivity index (χ4n) is 1.13. The summed E-state index contributed by atoms with van der Waals surface area (Å²) in [6, 6.07) is 4.14. The lowest BCUT2D eigenvalue weighted by molar-refractivity contribution is -0.384. The van der Waals surface area contributed by atoms with Gasteiger partial charge >= 0.3 is 0 Å². The largest absolute Gasteiger partial charge is 0.489 e. The molecule has 1 unspecified atom stereocenters. The molecule has 80 valence electrons. The standard InChI is InChI=1S/C9H10N2O4/c10-8-3-6(11(12)13)1-2-9(8)15-5-7-4-14-7/h1-3,7H,4-5,10H2. The molecule has 0 spiro atoms. The lowest BCUT2D eigenvalue weighted by Crippen LogP contribution is -2.06. The average molecular weight is 210 g/mol. The summed E-state index contributed by atoms with van der Waals surface area (Å²) >= 11 is 0. The third kappa shape index (κ3) is 2.35. The van der Waals surface area contributed by atoms with E-state index in [0.29, 0.717) is 19.0 Å². The summed E-state index contributed by atoms with van der Waals surface area (Å²) in [5.74, 6) is 0.455. The number of nitro benzene ring substituents is 1. The van der Waals surface area contributed by atoms with E-state index in [1.165, 1.54) is 18.2 Å². The first-order chi connectivity index (χ1) is 7.16. The van der Waals surface area contributed by atoms with Crippen molar-refractivity contribution in [2.24, 2.45) is 0 Å². The molecule has 1 atom stereocenters. The second kappa shape index (κ2) is 3.74. The monoisotopic (exact) mass is 210 g/mol. The van der Waals surface area contributed by atoms with Crippen LogP contribution in [0.1, 0.15) is 0 Å². The Balaban J connectivity index is 2.07. The molecule has 0 amide bonds. The zero-order valence-corrected chi connectivity index (χ0v) is 7.88. The second-order valence-corrected chi connectivity index (χ2v) is 3.25. The van der Waals surface area contributed by atoms with E-state index >= 15 is 0 Å². The van der Waals surface area contributed by atoms with Crippen LogP contribution in [0, 0.1) is 10.1 Å². The van der Waals surface area contributed by atoms with Gasteiger partial charge in [-0.3, -0.25) is 10.1 Å². The maximum Gasteiger partial charge on any atom is 0.271 e. The highest BCUT2D eigenvalue weighted by Gasteiger charge is 2.23. The van der Waals surface area contributed by atoms with Crippen molar-refractivity contribution in [3.8, 4) is 5.75 Å². The number of nitro groups is 1. The molecule has 0 radical (unpaired) electrons. The van der Waals surface area contributed by atoms with Gasteiger partial charge in [0, 0.05) is 12.1 Å². The number of benzene rings is 1. The summed E-state index contributed by atoms with van der Waals surface area (Å²) in [4.78, 5) is 9.93. The van der Waals surface area contributed by atoms with Crippen molar-refractivity contribution >= 4 is 11.4 Å². The fraction of sp³-hybridized carbons (Fsp3) is 0.333. The van der Waals surface area contributed by atoms with E-state index in [1.807, 2.05) is 0 Å². The van der Waals surface area contributed by atoms with Crippen molar-refractivity contribution in [3.05, 3.63) is 28.3 Å². The minimum atomic E-state index is -0.496. The number of nitrogens with zero attached hydrogens (tertiary/aromatic N) is 1. The van der Waals surface area contributed by atoms with Crippen LogP contribution >= 0.6 is 0 Å². The summed E-state index contributed by atoms with van der Waals surface area (Å²) in [7, 11) is 0. The van der Waals surface area contributed by atoms with Crippen LogP contribution in [0.25, 0.3) is 0 Å². The number of ether oxygens (including phenoxy) is 2.